The molecule has 0 spiro atoms. The number of hydrogen-bond acceptors (Lipinski definition) is 2. The van der Waals surface area contributed by atoms with Crippen molar-refractivity contribution in [3.05, 3.63) is 54.2 Å². The third-order valence-corrected chi connectivity index (χ3v) is 3.28. The van der Waals surface area contributed by atoms with Crippen molar-refractivity contribution in [2.75, 3.05) is 7.11 Å². The van der Waals surface area contributed by atoms with Gasteiger partial charge in [-0.3, -0.25) is 0 Å². The summed E-state index contributed by atoms with van der Waals surface area (Å²) in [4.78, 5) is 14.4. The van der Waals surface area contributed by atoms with Crippen molar-refractivity contribution < 1.29 is 14.6 Å². The molecule has 0 aliphatic carbocycles. The topological polar surface area (TPSA) is 62.3 Å². The molecule has 20 heavy (non-hydrogen) atoms. The number of carboxylic acids is 1. The van der Waals surface area contributed by atoms with Crippen LogP contribution in [0.25, 0.3) is 22.0 Å². The van der Waals surface area contributed by atoms with Crippen LogP contribution >= 0.6 is 0 Å². The molecule has 0 aliphatic rings. The maximum absolute atomic E-state index is 11.5. The summed E-state index contributed by atoms with van der Waals surface area (Å²) in [7, 11) is 1.59. The molecule has 0 amide bonds. The summed E-state index contributed by atoms with van der Waals surface area (Å²) in [6, 6.07) is 15.0. The third-order valence-electron chi connectivity index (χ3n) is 3.28. The first kappa shape index (κ1) is 12.3. The van der Waals surface area contributed by atoms with Crippen LogP contribution in [-0.4, -0.2) is 23.2 Å². The molecule has 0 radical (unpaired) electrons. The predicted molar refractivity (Wildman–Crippen MR) is 77.2 cm³/mol. The van der Waals surface area contributed by atoms with E-state index in [1.165, 1.54) is 0 Å². The van der Waals surface area contributed by atoms with E-state index in [0.29, 0.717) is 11.3 Å². The zero-order valence-electron chi connectivity index (χ0n) is 10.9. The van der Waals surface area contributed by atoms with Gasteiger partial charge in [0.2, 0.25) is 0 Å². The van der Waals surface area contributed by atoms with E-state index in [1.807, 2.05) is 42.5 Å². The van der Waals surface area contributed by atoms with Gasteiger partial charge in [-0.05, 0) is 23.8 Å². The van der Waals surface area contributed by atoms with E-state index in [1.54, 1.807) is 13.2 Å². The normalized spacial score (nSPS) is 10.7. The van der Waals surface area contributed by atoms with Crippen LogP contribution in [0.15, 0.2) is 48.5 Å². The van der Waals surface area contributed by atoms with Crippen LogP contribution < -0.4 is 4.74 Å². The summed E-state index contributed by atoms with van der Waals surface area (Å²) in [6.07, 6.45) is 0. The molecule has 0 saturated carbocycles. The van der Waals surface area contributed by atoms with Gasteiger partial charge < -0.3 is 14.8 Å². The lowest BCUT2D eigenvalue weighted by atomic mass is 10.0. The third kappa shape index (κ3) is 1.91. The number of nitrogens with one attached hydrogen (secondary N) is 1. The lowest BCUT2D eigenvalue weighted by Crippen LogP contribution is -1.98. The number of aromatic nitrogens is 1. The summed E-state index contributed by atoms with van der Waals surface area (Å²) in [5.74, 6) is -0.273. The quantitative estimate of drug-likeness (QED) is 0.763. The van der Waals surface area contributed by atoms with E-state index < -0.39 is 5.97 Å². The number of carboxylic acid groups (broad SMARTS) is 1. The van der Waals surface area contributed by atoms with Crippen LogP contribution in [0.5, 0.6) is 5.75 Å². The van der Waals surface area contributed by atoms with Crippen molar-refractivity contribution in [1.29, 1.82) is 0 Å². The zero-order chi connectivity index (χ0) is 14.1. The summed E-state index contributed by atoms with van der Waals surface area (Å²) in [5, 5.41) is 10.2. The summed E-state index contributed by atoms with van der Waals surface area (Å²) < 4.78 is 5.22. The molecule has 1 aromatic heterocycles. The number of carbonyl (C=O) groups is 1. The van der Waals surface area contributed by atoms with Gasteiger partial charge in [-0.2, -0.15) is 0 Å². The van der Waals surface area contributed by atoms with Crippen LogP contribution in [0.3, 0.4) is 0 Å². The number of fused-ring (bicyclic) bond motifs is 1. The average Bonchev–Trinajstić information content (AvgIpc) is 2.86. The molecule has 4 heteroatoms. The Hall–Kier alpha value is -2.75. The van der Waals surface area contributed by atoms with E-state index in [9.17, 15) is 9.90 Å². The number of rotatable bonds is 3. The molecule has 2 aromatic carbocycles. The van der Waals surface area contributed by atoms with Crippen molar-refractivity contribution in [2.24, 2.45) is 0 Å². The summed E-state index contributed by atoms with van der Waals surface area (Å²) in [6.45, 7) is 0. The molecule has 0 unspecified atom stereocenters. The predicted octanol–water partition coefficient (Wildman–Crippen LogP) is 3.54. The van der Waals surface area contributed by atoms with Gasteiger partial charge in [0, 0.05) is 16.5 Å². The number of H-pyrrole nitrogens is 1. The monoisotopic (exact) mass is 267 g/mol. The van der Waals surface area contributed by atoms with E-state index in [4.69, 9.17) is 4.74 Å². The van der Waals surface area contributed by atoms with Crippen LogP contribution in [0.1, 0.15) is 10.5 Å². The maximum atomic E-state index is 11.5. The first-order valence-corrected chi connectivity index (χ1v) is 6.19. The minimum absolute atomic E-state index is 0.194. The van der Waals surface area contributed by atoms with Gasteiger partial charge in [-0.1, -0.05) is 30.3 Å². The highest BCUT2D eigenvalue weighted by molar-refractivity contribution is 6.07. The highest BCUT2D eigenvalue weighted by Crippen LogP contribution is 2.34. The van der Waals surface area contributed by atoms with Gasteiger partial charge >= 0.3 is 5.97 Å². The van der Waals surface area contributed by atoms with Crippen LogP contribution in [0.4, 0.5) is 0 Å². The Bertz CT molecular complexity index is 775. The fraction of sp³-hybridized carbons (Fsp3) is 0.0625. The van der Waals surface area contributed by atoms with Crippen molar-refractivity contribution in [1.82, 2.24) is 4.98 Å². The summed E-state index contributed by atoms with van der Waals surface area (Å²) in [5.41, 5.74) is 2.53. The second kappa shape index (κ2) is 4.74. The average molecular weight is 267 g/mol. The van der Waals surface area contributed by atoms with Crippen molar-refractivity contribution in [3.63, 3.8) is 0 Å². The van der Waals surface area contributed by atoms with Crippen molar-refractivity contribution >= 4 is 16.9 Å². The molecule has 4 nitrogen and oxygen atoms in total. The molecule has 0 bridgehead atoms. The fourth-order valence-corrected chi connectivity index (χ4v) is 2.36. The molecule has 0 atom stereocenters. The lowest BCUT2D eigenvalue weighted by Gasteiger charge is -2.03. The Kier molecular flexibility index (Phi) is 2.91. The van der Waals surface area contributed by atoms with E-state index >= 15 is 0 Å². The first-order valence-electron chi connectivity index (χ1n) is 6.19. The second-order valence-corrected chi connectivity index (χ2v) is 4.46. The number of benzene rings is 2. The second-order valence-electron chi connectivity index (χ2n) is 4.46. The number of ether oxygens (including phenoxy) is 1. The molecular formula is C16H13NO3. The van der Waals surface area contributed by atoms with Gasteiger partial charge in [-0.15, -0.1) is 0 Å². The van der Waals surface area contributed by atoms with Gasteiger partial charge in [0.15, 0.2) is 0 Å². The Balaban J connectivity index is 2.36. The standard InChI is InChI=1S/C16H13NO3/c1-20-11-7-8-13-12(9-11)14(15(17-13)16(18)19)10-5-3-2-4-6-10/h2-9,17H,1H3,(H,18,19). The molecule has 2 N–H and O–H groups in total. The molecule has 100 valence electrons. The minimum Gasteiger partial charge on any atom is -0.497 e. The van der Waals surface area contributed by atoms with E-state index in [0.717, 1.165) is 16.5 Å². The van der Waals surface area contributed by atoms with Gasteiger partial charge in [0.1, 0.15) is 11.4 Å². The maximum Gasteiger partial charge on any atom is 0.352 e. The van der Waals surface area contributed by atoms with Gasteiger partial charge in [0.05, 0.1) is 7.11 Å². The molecular weight excluding hydrogens is 254 g/mol. The highest BCUT2D eigenvalue weighted by Gasteiger charge is 2.18. The van der Waals surface area contributed by atoms with Crippen molar-refractivity contribution in [3.8, 4) is 16.9 Å². The van der Waals surface area contributed by atoms with Crippen LogP contribution in [0, 0.1) is 0 Å². The van der Waals surface area contributed by atoms with Gasteiger partial charge in [-0.25, -0.2) is 4.79 Å². The SMILES string of the molecule is COc1ccc2[nH]c(C(=O)O)c(-c3ccccc3)c2c1. The largest absolute Gasteiger partial charge is 0.497 e. The Morgan fingerprint density at radius 1 is 1.15 bits per heavy atom. The molecule has 1 heterocycles. The fourth-order valence-electron chi connectivity index (χ4n) is 2.36. The van der Waals surface area contributed by atoms with E-state index in [2.05, 4.69) is 4.98 Å². The number of aromatic amines is 1. The molecule has 0 aliphatic heterocycles. The van der Waals surface area contributed by atoms with Crippen LogP contribution in [-0.2, 0) is 0 Å². The molecule has 3 aromatic rings. The lowest BCUT2D eigenvalue weighted by molar-refractivity contribution is 0.0692. The van der Waals surface area contributed by atoms with Crippen molar-refractivity contribution in [2.45, 2.75) is 0 Å². The van der Waals surface area contributed by atoms with Crippen LogP contribution in [0.2, 0.25) is 0 Å². The first-order chi connectivity index (χ1) is 9.70. The Morgan fingerprint density at radius 2 is 1.90 bits per heavy atom. The summed E-state index contributed by atoms with van der Waals surface area (Å²) >= 11 is 0. The molecule has 0 saturated heterocycles. The zero-order valence-corrected chi connectivity index (χ0v) is 10.9. The molecule has 0 fully saturated rings. The number of aromatic carboxylic acids is 1. The number of hydrogen-bond donors (Lipinski definition) is 2. The van der Waals surface area contributed by atoms with Gasteiger partial charge in [0.25, 0.3) is 0 Å². The Morgan fingerprint density at radius 3 is 2.55 bits per heavy atom. The smallest absolute Gasteiger partial charge is 0.352 e. The van der Waals surface area contributed by atoms with E-state index in [-0.39, 0.29) is 5.69 Å². The molecule has 3 rings (SSSR count). The highest BCUT2D eigenvalue weighted by atomic mass is 16.5. The Labute approximate surface area is 115 Å². The minimum atomic E-state index is -0.973. The number of methoxy groups -OCH3 is 1.